The third-order valence-electron chi connectivity index (χ3n) is 2.51. The third-order valence-corrected chi connectivity index (χ3v) is 4.41. The molecule has 2 aromatic rings. The zero-order chi connectivity index (χ0) is 14.0. The van der Waals surface area contributed by atoms with Gasteiger partial charge in [0.1, 0.15) is 17.7 Å². The van der Waals surface area contributed by atoms with Gasteiger partial charge in [-0.3, -0.25) is 0 Å². The van der Waals surface area contributed by atoms with E-state index >= 15 is 0 Å². The molecule has 0 aliphatic rings. The van der Waals surface area contributed by atoms with E-state index in [-0.39, 0.29) is 18.0 Å². The van der Waals surface area contributed by atoms with Crippen LogP contribution in [0.3, 0.4) is 0 Å². The Labute approximate surface area is 128 Å². The molecule has 2 nitrogen and oxygen atoms in total. The van der Waals surface area contributed by atoms with Crippen molar-refractivity contribution >= 4 is 38.9 Å². The van der Waals surface area contributed by atoms with E-state index < -0.39 is 0 Å². The molecule has 0 amide bonds. The molecule has 0 aliphatic heterocycles. The highest BCUT2D eigenvalue weighted by Crippen LogP contribution is 2.33. The van der Waals surface area contributed by atoms with Crippen LogP contribution in [0.2, 0.25) is 4.34 Å². The fraction of sp³-hybridized carbons (Fsp3) is 0.231. The first kappa shape index (κ1) is 14.8. The maximum Gasteiger partial charge on any atom is 0.148 e. The quantitative estimate of drug-likeness (QED) is 0.848. The Hall–Kier alpha value is -0.620. The van der Waals surface area contributed by atoms with Crippen LogP contribution in [0.5, 0.6) is 5.75 Å². The maximum absolute atomic E-state index is 13.2. The van der Waals surface area contributed by atoms with Gasteiger partial charge in [0.2, 0.25) is 0 Å². The van der Waals surface area contributed by atoms with Gasteiger partial charge in [0.25, 0.3) is 0 Å². The first-order valence-corrected chi connectivity index (χ1v) is 7.58. The molecule has 2 N–H and O–H groups in total. The Morgan fingerprint density at radius 2 is 2.11 bits per heavy atom. The van der Waals surface area contributed by atoms with Gasteiger partial charge in [-0.2, -0.15) is 0 Å². The van der Waals surface area contributed by atoms with E-state index in [2.05, 4.69) is 15.9 Å². The Morgan fingerprint density at radius 1 is 1.37 bits per heavy atom. The molecule has 1 heterocycles. The maximum atomic E-state index is 13.2. The lowest BCUT2D eigenvalue weighted by Gasteiger charge is -2.21. The summed E-state index contributed by atoms with van der Waals surface area (Å²) in [6.07, 6.45) is -0.310. The standard InChI is InChI=1S/C13H12BrClFNOS/c1-7(17)13(11-4-5-12(15)19-11)18-8-2-3-10(16)9(14)6-8/h2-7,13H,17H2,1H3. The number of benzene rings is 1. The lowest BCUT2D eigenvalue weighted by atomic mass is 10.1. The van der Waals surface area contributed by atoms with Crippen LogP contribution >= 0.6 is 38.9 Å². The first-order valence-electron chi connectivity index (χ1n) is 5.60. The summed E-state index contributed by atoms with van der Waals surface area (Å²) in [6.45, 7) is 1.86. The summed E-state index contributed by atoms with van der Waals surface area (Å²) in [5.74, 6) is 0.226. The number of hydrogen-bond acceptors (Lipinski definition) is 3. The van der Waals surface area contributed by atoms with E-state index in [0.29, 0.717) is 14.6 Å². The van der Waals surface area contributed by atoms with Gasteiger partial charge >= 0.3 is 0 Å². The highest BCUT2D eigenvalue weighted by atomic mass is 79.9. The van der Waals surface area contributed by atoms with E-state index in [4.69, 9.17) is 22.1 Å². The SMILES string of the molecule is CC(N)C(Oc1ccc(F)c(Br)c1)c1ccc(Cl)s1. The van der Waals surface area contributed by atoms with Crippen LogP contribution in [-0.2, 0) is 0 Å². The van der Waals surface area contributed by atoms with Gasteiger partial charge in [-0.15, -0.1) is 11.3 Å². The highest BCUT2D eigenvalue weighted by molar-refractivity contribution is 9.10. The minimum atomic E-state index is -0.330. The van der Waals surface area contributed by atoms with Gasteiger partial charge in [0, 0.05) is 10.9 Å². The predicted molar refractivity (Wildman–Crippen MR) is 80.4 cm³/mol. The Morgan fingerprint density at radius 3 is 2.63 bits per heavy atom. The van der Waals surface area contributed by atoms with Gasteiger partial charge in [-0.1, -0.05) is 11.6 Å². The van der Waals surface area contributed by atoms with Gasteiger partial charge < -0.3 is 10.5 Å². The third kappa shape index (κ3) is 3.69. The topological polar surface area (TPSA) is 35.2 Å². The van der Waals surface area contributed by atoms with Crippen molar-refractivity contribution in [2.75, 3.05) is 0 Å². The molecule has 0 aliphatic carbocycles. The van der Waals surface area contributed by atoms with E-state index in [1.807, 2.05) is 13.0 Å². The lowest BCUT2D eigenvalue weighted by Crippen LogP contribution is -2.28. The van der Waals surface area contributed by atoms with E-state index in [1.54, 1.807) is 18.2 Å². The summed E-state index contributed by atoms with van der Waals surface area (Å²) in [6, 6.07) is 7.99. The van der Waals surface area contributed by atoms with Gasteiger partial charge in [0.15, 0.2) is 0 Å². The van der Waals surface area contributed by atoms with Gasteiger partial charge in [-0.05, 0) is 53.2 Å². The van der Waals surface area contributed by atoms with E-state index in [0.717, 1.165) is 4.88 Å². The minimum absolute atomic E-state index is 0.210. The molecule has 19 heavy (non-hydrogen) atoms. The molecule has 0 bridgehead atoms. The molecule has 0 fully saturated rings. The van der Waals surface area contributed by atoms with Crippen LogP contribution in [-0.4, -0.2) is 6.04 Å². The molecule has 2 atom stereocenters. The molecule has 0 radical (unpaired) electrons. The summed E-state index contributed by atoms with van der Waals surface area (Å²) in [4.78, 5) is 0.945. The predicted octanol–water partition coefficient (Wildman–Crippen LogP) is 4.77. The molecule has 2 rings (SSSR count). The van der Waals surface area contributed by atoms with Crippen molar-refractivity contribution in [1.82, 2.24) is 0 Å². The molecule has 6 heteroatoms. The summed E-state index contributed by atoms with van der Waals surface area (Å²) >= 11 is 10.5. The first-order chi connectivity index (χ1) is 8.97. The summed E-state index contributed by atoms with van der Waals surface area (Å²) in [5.41, 5.74) is 5.95. The number of rotatable bonds is 4. The average molecular weight is 365 g/mol. The van der Waals surface area contributed by atoms with Crippen molar-refractivity contribution in [3.05, 3.63) is 49.8 Å². The van der Waals surface area contributed by atoms with Crippen LogP contribution < -0.4 is 10.5 Å². The van der Waals surface area contributed by atoms with Crippen LogP contribution in [0.15, 0.2) is 34.8 Å². The average Bonchev–Trinajstić information content (AvgIpc) is 2.76. The van der Waals surface area contributed by atoms with Crippen molar-refractivity contribution in [3.63, 3.8) is 0 Å². The zero-order valence-corrected chi connectivity index (χ0v) is 13.2. The number of halogens is 3. The van der Waals surface area contributed by atoms with Crippen molar-refractivity contribution in [2.45, 2.75) is 19.1 Å². The Kier molecular flexibility index (Phi) is 4.84. The van der Waals surface area contributed by atoms with Crippen molar-refractivity contribution in [3.8, 4) is 5.75 Å². The van der Waals surface area contributed by atoms with E-state index in [9.17, 15) is 4.39 Å². The summed E-state index contributed by atoms with van der Waals surface area (Å²) < 4.78 is 20.1. The molecule has 0 spiro atoms. The molecule has 0 saturated carbocycles. The Bertz CT molecular complexity index is 576. The van der Waals surface area contributed by atoms with Crippen molar-refractivity contribution in [2.24, 2.45) is 5.73 Å². The van der Waals surface area contributed by atoms with Crippen LogP contribution in [0.1, 0.15) is 17.9 Å². The second-order valence-corrected chi connectivity index (χ2v) is 6.72. The monoisotopic (exact) mass is 363 g/mol. The molecule has 1 aromatic heterocycles. The second-order valence-electron chi connectivity index (χ2n) is 4.12. The Balaban J connectivity index is 2.23. The number of thiophene rings is 1. The molecular formula is C13H12BrClFNOS. The number of hydrogen-bond donors (Lipinski definition) is 1. The van der Waals surface area contributed by atoms with Crippen molar-refractivity contribution < 1.29 is 9.13 Å². The van der Waals surface area contributed by atoms with Crippen molar-refractivity contribution in [1.29, 1.82) is 0 Å². The van der Waals surface area contributed by atoms with Crippen LogP contribution in [0.4, 0.5) is 4.39 Å². The fourth-order valence-corrected chi connectivity index (χ4v) is 3.17. The van der Waals surface area contributed by atoms with Crippen LogP contribution in [0, 0.1) is 5.82 Å². The lowest BCUT2D eigenvalue weighted by molar-refractivity contribution is 0.184. The molecule has 1 aromatic carbocycles. The fourth-order valence-electron chi connectivity index (χ4n) is 1.60. The second kappa shape index (κ2) is 6.22. The van der Waals surface area contributed by atoms with Crippen LogP contribution in [0.25, 0.3) is 0 Å². The smallest absolute Gasteiger partial charge is 0.148 e. The number of ether oxygens (including phenoxy) is 1. The molecule has 2 unspecified atom stereocenters. The highest BCUT2D eigenvalue weighted by Gasteiger charge is 2.20. The normalized spacial score (nSPS) is 14.2. The summed E-state index contributed by atoms with van der Waals surface area (Å²) in [7, 11) is 0. The summed E-state index contributed by atoms with van der Waals surface area (Å²) in [5, 5.41) is 0. The van der Waals surface area contributed by atoms with Gasteiger partial charge in [0.05, 0.1) is 8.81 Å². The van der Waals surface area contributed by atoms with E-state index in [1.165, 1.54) is 17.4 Å². The zero-order valence-electron chi connectivity index (χ0n) is 10.1. The molecule has 0 saturated heterocycles. The largest absolute Gasteiger partial charge is 0.483 e. The number of nitrogens with two attached hydrogens (primary N) is 1. The minimum Gasteiger partial charge on any atom is -0.483 e. The molecular weight excluding hydrogens is 353 g/mol. The van der Waals surface area contributed by atoms with Gasteiger partial charge in [-0.25, -0.2) is 4.39 Å². The molecule has 102 valence electrons.